The number of hydrogen-bond acceptors (Lipinski definition) is 3. The van der Waals surface area contributed by atoms with Crippen LogP contribution in [0.5, 0.6) is 5.75 Å². The average Bonchev–Trinajstić information content (AvgIpc) is 2.42. The summed E-state index contributed by atoms with van der Waals surface area (Å²) in [4.78, 5) is 14.5. The Balaban J connectivity index is 2.53. The van der Waals surface area contributed by atoms with Crippen LogP contribution in [0.15, 0.2) is 12.1 Å². The Bertz CT molecular complexity index is 646. The van der Waals surface area contributed by atoms with E-state index in [1.807, 2.05) is 26.8 Å². The minimum absolute atomic E-state index is 0.0832. The molecule has 1 aromatic carbocycles. The molecule has 0 saturated carbocycles. The highest BCUT2D eigenvalue weighted by atomic mass is 16.3. The summed E-state index contributed by atoms with van der Waals surface area (Å²) in [5.74, 6) is 0.210. The van der Waals surface area contributed by atoms with Gasteiger partial charge >= 0.3 is 0 Å². The summed E-state index contributed by atoms with van der Waals surface area (Å²) in [7, 11) is 0. The lowest BCUT2D eigenvalue weighted by Gasteiger charge is -2.44. The number of benzene rings is 1. The normalized spacial score (nSPS) is 17.6. The monoisotopic (exact) mass is 333 g/mol. The largest absolute Gasteiger partial charge is 0.507 e. The van der Waals surface area contributed by atoms with E-state index < -0.39 is 5.60 Å². The van der Waals surface area contributed by atoms with E-state index in [0.717, 1.165) is 17.5 Å². The molecular formula is C20H31NO3. The number of rotatable bonds is 3. The molecule has 2 N–H and O–H groups in total. The molecule has 1 amide bonds. The molecule has 24 heavy (non-hydrogen) atoms. The van der Waals surface area contributed by atoms with E-state index in [1.165, 1.54) is 0 Å². The zero-order valence-corrected chi connectivity index (χ0v) is 16.0. The maximum atomic E-state index is 12.8. The summed E-state index contributed by atoms with van der Waals surface area (Å²) in [6, 6.07) is 3.63. The number of nitrogens with zero attached hydrogens (tertiary/aromatic N) is 1. The van der Waals surface area contributed by atoms with E-state index in [2.05, 4.69) is 20.8 Å². The van der Waals surface area contributed by atoms with Crippen molar-refractivity contribution in [2.45, 2.75) is 71.3 Å². The fraction of sp³-hybridized carbons (Fsp3) is 0.650. The Morgan fingerprint density at radius 2 is 1.67 bits per heavy atom. The minimum Gasteiger partial charge on any atom is -0.507 e. The summed E-state index contributed by atoms with van der Waals surface area (Å²) in [6.45, 7) is 14.8. The van der Waals surface area contributed by atoms with Gasteiger partial charge in [-0.05, 0) is 36.3 Å². The first kappa shape index (κ1) is 18.8. The molecule has 1 aliphatic rings. The first-order chi connectivity index (χ1) is 10.8. The number of aliphatic hydroxyl groups is 1. The Hall–Kier alpha value is -1.55. The van der Waals surface area contributed by atoms with Crippen molar-refractivity contribution in [1.82, 2.24) is 4.90 Å². The molecule has 0 aliphatic carbocycles. The van der Waals surface area contributed by atoms with Crippen LogP contribution in [0.2, 0.25) is 0 Å². The van der Waals surface area contributed by atoms with Crippen molar-refractivity contribution in [3.63, 3.8) is 0 Å². The number of aromatic hydroxyl groups is 1. The highest BCUT2D eigenvalue weighted by Crippen LogP contribution is 2.41. The van der Waals surface area contributed by atoms with Crippen LogP contribution in [0.25, 0.3) is 0 Å². The number of phenolic OH excluding ortho intramolecular Hbond substituents is 1. The van der Waals surface area contributed by atoms with Gasteiger partial charge in [-0.2, -0.15) is 0 Å². The predicted molar refractivity (Wildman–Crippen MR) is 96.7 cm³/mol. The van der Waals surface area contributed by atoms with Crippen molar-refractivity contribution in [2.75, 3.05) is 13.1 Å². The summed E-state index contributed by atoms with van der Waals surface area (Å²) >= 11 is 0. The second-order valence-electron chi connectivity index (χ2n) is 9.07. The topological polar surface area (TPSA) is 60.8 Å². The van der Waals surface area contributed by atoms with Crippen LogP contribution < -0.4 is 0 Å². The SMILES string of the molecule is CCC(C)(C)c1cc(C(=O)N2CC(C)(O)C2)cc(C(C)(C)C)c1O. The lowest BCUT2D eigenvalue weighted by molar-refractivity contribution is -0.0668. The lowest BCUT2D eigenvalue weighted by atomic mass is 9.76. The zero-order valence-electron chi connectivity index (χ0n) is 16.0. The summed E-state index contributed by atoms with van der Waals surface area (Å²) in [6.07, 6.45) is 0.861. The van der Waals surface area contributed by atoms with E-state index in [-0.39, 0.29) is 16.7 Å². The third-order valence-electron chi connectivity index (χ3n) is 5.13. The Morgan fingerprint density at radius 1 is 1.17 bits per heavy atom. The van der Waals surface area contributed by atoms with Gasteiger partial charge in [-0.1, -0.05) is 41.5 Å². The molecule has 1 aliphatic heterocycles. The summed E-state index contributed by atoms with van der Waals surface area (Å²) < 4.78 is 0. The summed E-state index contributed by atoms with van der Waals surface area (Å²) in [5.41, 5.74) is 0.917. The molecule has 1 fully saturated rings. The van der Waals surface area contributed by atoms with Gasteiger partial charge in [0.15, 0.2) is 0 Å². The molecule has 0 spiro atoms. The molecule has 1 heterocycles. The van der Waals surface area contributed by atoms with E-state index in [0.29, 0.717) is 24.4 Å². The third-order valence-corrected chi connectivity index (χ3v) is 5.13. The molecule has 1 aromatic rings. The maximum absolute atomic E-state index is 12.8. The fourth-order valence-corrected chi connectivity index (χ4v) is 3.14. The van der Waals surface area contributed by atoms with Gasteiger partial charge in [0, 0.05) is 16.7 Å². The van der Waals surface area contributed by atoms with Crippen LogP contribution in [0.4, 0.5) is 0 Å². The molecule has 4 heteroatoms. The quantitative estimate of drug-likeness (QED) is 0.889. The van der Waals surface area contributed by atoms with Crippen LogP contribution in [-0.2, 0) is 10.8 Å². The number of phenols is 1. The third kappa shape index (κ3) is 3.44. The number of hydrogen-bond donors (Lipinski definition) is 2. The number of carbonyl (C=O) groups excluding carboxylic acids is 1. The highest BCUT2D eigenvalue weighted by molar-refractivity contribution is 5.96. The van der Waals surface area contributed by atoms with Crippen molar-refractivity contribution in [3.8, 4) is 5.75 Å². The Morgan fingerprint density at radius 3 is 2.08 bits per heavy atom. The van der Waals surface area contributed by atoms with Crippen LogP contribution in [0.3, 0.4) is 0 Å². The van der Waals surface area contributed by atoms with Crippen molar-refractivity contribution in [1.29, 1.82) is 0 Å². The minimum atomic E-state index is -0.787. The Kier molecular flexibility index (Phi) is 4.51. The number of amides is 1. The Labute approximate surface area is 145 Å². The van der Waals surface area contributed by atoms with E-state index in [9.17, 15) is 15.0 Å². The van der Waals surface area contributed by atoms with Crippen molar-refractivity contribution >= 4 is 5.91 Å². The lowest BCUT2D eigenvalue weighted by Crippen LogP contribution is -2.61. The molecule has 0 atom stereocenters. The molecule has 0 aromatic heterocycles. The van der Waals surface area contributed by atoms with Crippen molar-refractivity contribution < 1.29 is 15.0 Å². The molecule has 134 valence electrons. The molecule has 0 radical (unpaired) electrons. The van der Waals surface area contributed by atoms with Gasteiger partial charge in [-0.3, -0.25) is 4.79 Å². The second-order valence-corrected chi connectivity index (χ2v) is 9.07. The standard InChI is InChI=1S/C20H31NO3/c1-8-19(5,6)15-10-13(9-14(16(15)22)18(2,3)4)17(23)21-11-20(7,24)12-21/h9-10,22,24H,8,11-12H2,1-7H3. The highest BCUT2D eigenvalue weighted by Gasteiger charge is 2.40. The van der Waals surface area contributed by atoms with Crippen LogP contribution in [-0.4, -0.2) is 39.7 Å². The number of carbonyl (C=O) groups is 1. The van der Waals surface area contributed by atoms with Crippen LogP contribution in [0.1, 0.15) is 76.4 Å². The molecule has 0 bridgehead atoms. The molecule has 0 unspecified atom stereocenters. The molecule has 2 rings (SSSR count). The van der Waals surface area contributed by atoms with Gasteiger partial charge in [0.25, 0.3) is 5.91 Å². The van der Waals surface area contributed by atoms with E-state index >= 15 is 0 Å². The van der Waals surface area contributed by atoms with E-state index in [1.54, 1.807) is 17.9 Å². The average molecular weight is 333 g/mol. The smallest absolute Gasteiger partial charge is 0.254 e. The fourth-order valence-electron chi connectivity index (χ4n) is 3.14. The van der Waals surface area contributed by atoms with Gasteiger partial charge in [0.1, 0.15) is 5.75 Å². The van der Waals surface area contributed by atoms with Gasteiger partial charge in [0.05, 0.1) is 18.7 Å². The zero-order chi connectivity index (χ0) is 18.5. The summed E-state index contributed by atoms with van der Waals surface area (Å²) in [5, 5.41) is 20.7. The van der Waals surface area contributed by atoms with Crippen molar-refractivity contribution in [2.24, 2.45) is 0 Å². The number of β-amino-alcohol motifs (C(OH)–C–C–N with tert-alkyl or cyclic N) is 1. The molecule has 4 nitrogen and oxygen atoms in total. The van der Waals surface area contributed by atoms with Crippen molar-refractivity contribution in [3.05, 3.63) is 28.8 Å². The maximum Gasteiger partial charge on any atom is 0.254 e. The second kappa shape index (κ2) is 5.76. The van der Waals surface area contributed by atoms with Gasteiger partial charge in [-0.25, -0.2) is 0 Å². The first-order valence-corrected chi connectivity index (χ1v) is 8.68. The van der Waals surface area contributed by atoms with Gasteiger partial charge in [0.2, 0.25) is 0 Å². The van der Waals surface area contributed by atoms with E-state index in [4.69, 9.17) is 0 Å². The predicted octanol–water partition coefficient (Wildman–Crippen LogP) is 3.58. The van der Waals surface area contributed by atoms with Gasteiger partial charge < -0.3 is 15.1 Å². The molecule has 1 saturated heterocycles. The first-order valence-electron chi connectivity index (χ1n) is 8.68. The number of likely N-dealkylation sites (tertiary alicyclic amines) is 1. The van der Waals surface area contributed by atoms with Crippen LogP contribution in [0, 0.1) is 0 Å². The van der Waals surface area contributed by atoms with Gasteiger partial charge in [-0.15, -0.1) is 0 Å². The molecular weight excluding hydrogens is 302 g/mol. The van der Waals surface area contributed by atoms with Crippen LogP contribution >= 0.6 is 0 Å².